The molecular weight excluding hydrogens is 292 g/mol. The molecule has 24 heavy (non-hydrogen) atoms. The fraction of sp³-hybridized carbons (Fsp3) is 0.870. The van der Waals surface area contributed by atoms with E-state index in [0.29, 0.717) is 11.7 Å². The Morgan fingerprint density at radius 2 is 2.00 bits per heavy atom. The van der Waals surface area contributed by atoms with E-state index in [1.54, 1.807) is 0 Å². The van der Waals surface area contributed by atoms with Gasteiger partial charge in [-0.05, 0) is 61.7 Å². The first-order chi connectivity index (χ1) is 11.4. The highest BCUT2D eigenvalue weighted by Crippen LogP contribution is 2.56. The molecule has 0 heterocycles. The van der Waals surface area contributed by atoms with Gasteiger partial charge in [0.2, 0.25) is 0 Å². The number of Topliss-reactive ketones (excluding diaryl/α,β-unsaturated/α-hetero) is 1. The van der Waals surface area contributed by atoms with Crippen LogP contribution in [-0.4, -0.2) is 5.78 Å². The second-order valence-electron chi connectivity index (χ2n) is 9.11. The number of fused-ring (bicyclic) bond motifs is 1. The normalized spacial score (nSPS) is 36.4. The van der Waals surface area contributed by atoms with Gasteiger partial charge in [-0.1, -0.05) is 47.0 Å². The van der Waals surface area contributed by atoms with Gasteiger partial charge in [0.1, 0.15) is 5.78 Å². The van der Waals surface area contributed by atoms with Crippen LogP contribution in [0.15, 0.2) is 0 Å². The average molecular weight is 331 g/mol. The van der Waals surface area contributed by atoms with Gasteiger partial charge >= 0.3 is 0 Å². The molecule has 2 rings (SSSR count). The van der Waals surface area contributed by atoms with Gasteiger partial charge in [0.05, 0.1) is 0 Å². The van der Waals surface area contributed by atoms with E-state index in [1.165, 1.54) is 38.5 Å². The third-order valence-electron chi connectivity index (χ3n) is 7.21. The van der Waals surface area contributed by atoms with Crippen LogP contribution in [0, 0.1) is 47.3 Å². The molecule has 0 amide bonds. The fourth-order valence-electron chi connectivity index (χ4n) is 5.81. The Labute approximate surface area is 150 Å². The second kappa shape index (κ2) is 8.55. The largest absolute Gasteiger partial charge is 0.299 e. The first-order valence-corrected chi connectivity index (χ1v) is 10.4. The third-order valence-corrected chi connectivity index (χ3v) is 7.21. The van der Waals surface area contributed by atoms with Gasteiger partial charge in [-0.3, -0.25) is 4.79 Å². The zero-order valence-electron chi connectivity index (χ0n) is 16.4. The summed E-state index contributed by atoms with van der Waals surface area (Å²) < 4.78 is 0. The number of hydrogen-bond acceptors (Lipinski definition) is 1. The Balaban J connectivity index is 2.18. The van der Waals surface area contributed by atoms with E-state index in [4.69, 9.17) is 6.42 Å². The summed E-state index contributed by atoms with van der Waals surface area (Å²) in [5.74, 6) is 7.15. The third kappa shape index (κ3) is 4.07. The number of ketones is 1. The van der Waals surface area contributed by atoms with Crippen LogP contribution in [0.1, 0.15) is 91.9 Å². The van der Waals surface area contributed by atoms with Crippen molar-refractivity contribution in [1.82, 2.24) is 0 Å². The van der Waals surface area contributed by atoms with Crippen LogP contribution in [0.2, 0.25) is 0 Å². The molecule has 0 aromatic carbocycles. The van der Waals surface area contributed by atoms with E-state index in [2.05, 4.69) is 33.6 Å². The highest BCUT2D eigenvalue weighted by atomic mass is 16.1. The van der Waals surface area contributed by atoms with Gasteiger partial charge in [0.25, 0.3) is 0 Å². The maximum absolute atomic E-state index is 12.8. The minimum Gasteiger partial charge on any atom is -0.299 e. The molecule has 0 aromatic heterocycles. The van der Waals surface area contributed by atoms with Crippen molar-refractivity contribution in [2.24, 2.45) is 35.0 Å². The van der Waals surface area contributed by atoms with Gasteiger partial charge in [-0.15, -0.1) is 12.3 Å². The zero-order valence-corrected chi connectivity index (χ0v) is 16.4. The van der Waals surface area contributed by atoms with Crippen molar-refractivity contribution in [2.75, 3.05) is 0 Å². The lowest BCUT2D eigenvalue weighted by Crippen LogP contribution is -2.50. The molecule has 1 heteroatoms. The van der Waals surface area contributed by atoms with Crippen LogP contribution in [0.25, 0.3) is 0 Å². The topological polar surface area (TPSA) is 17.1 Å². The molecule has 0 radical (unpaired) electrons. The van der Waals surface area contributed by atoms with Crippen LogP contribution in [0.4, 0.5) is 0 Å². The highest BCUT2D eigenvalue weighted by Gasteiger charge is 2.52. The maximum Gasteiger partial charge on any atom is 0.139 e. The molecule has 0 N–H and O–H groups in total. The highest BCUT2D eigenvalue weighted by molar-refractivity contribution is 5.85. The van der Waals surface area contributed by atoms with Crippen molar-refractivity contribution in [2.45, 2.75) is 91.9 Å². The van der Waals surface area contributed by atoms with E-state index >= 15 is 0 Å². The summed E-state index contributed by atoms with van der Waals surface area (Å²) in [4.78, 5) is 12.8. The van der Waals surface area contributed by atoms with Crippen LogP contribution >= 0.6 is 0 Å². The van der Waals surface area contributed by atoms with Gasteiger partial charge < -0.3 is 0 Å². The molecule has 1 nitrogen and oxygen atoms in total. The second-order valence-corrected chi connectivity index (χ2v) is 9.11. The molecular formula is C23H38O. The Morgan fingerprint density at radius 3 is 2.62 bits per heavy atom. The molecule has 2 aliphatic rings. The molecule has 136 valence electrons. The summed E-state index contributed by atoms with van der Waals surface area (Å²) in [6.07, 6.45) is 17.1. The summed E-state index contributed by atoms with van der Waals surface area (Å²) in [5, 5.41) is 0. The number of hydrogen-bond donors (Lipinski definition) is 0. The molecule has 0 spiro atoms. The van der Waals surface area contributed by atoms with Crippen molar-refractivity contribution in [3.05, 3.63) is 0 Å². The molecule has 2 saturated carbocycles. The lowest BCUT2D eigenvalue weighted by molar-refractivity contribution is -0.142. The minimum atomic E-state index is -0.149. The Bertz CT molecular complexity index is 457. The average Bonchev–Trinajstić information content (AvgIpc) is 2.55. The Morgan fingerprint density at radius 1 is 1.25 bits per heavy atom. The van der Waals surface area contributed by atoms with Crippen molar-refractivity contribution >= 4 is 5.78 Å². The van der Waals surface area contributed by atoms with Crippen molar-refractivity contribution in [3.63, 3.8) is 0 Å². The number of carbonyl (C=O) groups is 1. The molecule has 0 aromatic rings. The molecule has 2 unspecified atom stereocenters. The lowest BCUT2D eigenvalue weighted by Gasteiger charge is -2.53. The smallest absolute Gasteiger partial charge is 0.139 e. The van der Waals surface area contributed by atoms with Crippen LogP contribution in [0.3, 0.4) is 0 Å². The van der Waals surface area contributed by atoms with Gasteiger partial charge in [-0.25, -0.2) is 0 Å². The van der Waals surface area contributed by atoms with Gasteiger partial charge in [-0.2, -0.15) is 0 Å². The number of carbonyl (C=O) groups excluding carboxylic acids is 1. The molecule has 0 saturated heterocycles. The zero-order chi connectivity index (χ0) is 17.7. The lowest BCUT2D eigenvalue weighted by atomic mass is 9.51. The Hall–Kier alpha value is -0.770. The minimum absolute atomic E-state index is 0.149. The van der Waals surface area contributed by atoms with E-state index < -0.39 is 0 Å². The van der Waals surface area contributed by atoms with E-state index in [9.17, 15) is 4.79 Å². The molecule has 5 atom stereocenters. The quantitative estimate of drug-likeness (QED) is 0.503. The standard InChI is InChI=1S/C23H38O/c1-6-8-16-23(5)21-14-12-18(11-10-17(3)4)19(9-7-2)20(21)13-15-22(23)24/h1,17-21H,7-16H2,2-5H3/t18?,19-,20?,21+,23-/m1/s1. The van der Waals surface area contributed by atoms with Crippen molar-refractivity contribution in [3.8, 4) is 12.3 Å². The van der Waals surface area contributed by atoms with E-state index in [0.717, 1.165) is 49.4 Å². The molecule has 0 bridgehead atoms. The summed E-state index contributed by atoms with van der Waals surface area (Å²) in [7, 11) is 0. The predicted octanol–water partition coefficient (Wildman–Crippen LogP) is 6.26. The van der Waals surface area contributed by atoms with Crippen molar-refractivity contribution < 1.29 is 4.79 Å². The molecule has 0 aliphatic heterocycles. The predicted molar refractivity (Wildman–Crippen MR) is 103 cm³/mol. The first-order valence-electron chi connectivity index (χ1n) is 10.4. The van der Waals surface area contributed by atoms with Gasteiger partial charge in [0, 0.05) is 18.3 Å². The van der Waals surface area contributed by atoms with Crippen LogP contribution in [0.5, 0.6) is 0 Å². The van der Waals surface area contributed by atoms with Crippen molar-refractivity contribution in [1.29, 1.82) is 0 Å². The summed E-state index contributed by atoms with van der Waals surface area (Å²) >= 11 is 0. The molecule has 2 fully saturated rings. The summed E-state index contributed by atoms with van der Waals surface area (Å²) in [6.45, 7) is 9.25. The fourth-order valence-corrected chi connectivity index (χ4v) is 5.81. The summed E-state index contributed by atoms with van der Waals surface area (Å²) in [6, 6.07) is 0. The number of rotatable bonds is 7. The Kier molecular flexibility index (Phi) is 6.97. The first kappa shape index (κ1) is 19.6. The monoisotopic (exact) mass is 330 g/mol. The molecule has 2 aliphatic carbocycles. The number of terminal acetylenes is 1. The van der Waals surface area contributed by atoms with Crippen LogP contribution in [-0.2, 0) is 4.79 Å². The SMILES string of the molecule is C#CCC[C@@]1(C)C(=O)CCC2[C@H](CCC)C(CCC(C)C)CC[C@@H]21. The summed E-state index contributed by atoms with van der Waals surface area (Å²) in [5.41, 5.74) is -0.149. The van der Waals surface area contributed by atoms with E-state index in [-0.39, 0.29) is 5.41 Å². The van der Waals surface area contributed by atoms with Crippen LogP contribution < -0.4 is 0 Å². The van der Waals surface area contributed by atoms with Gasteiger partial charge in [0.15, 0.2) is 0 Å². The van der Waals surface area contributed by atoms with E-state index in [1.807, 2.05) is 0 Å². The maximum atomic E-state index is 12.8.